The fraction of sp³-hybridized carbons (Fsp3) is 0.542. The van der Waals surface area contributed by atoms with Crippen molar-refractivity contribution in [3.8, 4) is 17.1 Å². The molecule has 0 saturated heterocycles. The molecule has 0 unspecified atom stereocenters. The molecule has 5 rings (SSSR count). The Morgan fingerprint density at radius 3 is 2.83 bits per heavy atom. The highest BCUT2D eigenvalue weighted by molar-refractivity contribution is 5.74. The minimum Gasteiger partial charge on any atom is -0.488 e. The molecule has 3 heterocycles. The summed E-state index contributed by atoms with van der Waals surface area (Å²) in [6.07, 6.45) is 6.49. The summed E-state index contributed by atoms with van der Waals surface area (Å²) in [6.45, 7) is 4.12. The van der Waals surface area contributed by atoms with Gasteiger partial charge in [-0.25, -0.2) is 19.6 Å². The molecule has 0 radical (unpaired) electrons. The van der Waals surface area contributed by atoms with Crippen LogP contribution >= 0.6 is 0 Å². The lowest BCUT2D eigenvalue weighted by molar-refractivity contribution is -0.151. The van der Waals surface area contributed by atoms with Gasteiger partial charge >= 0.3 is 5.97 Å². The van der Waals surface area contributed by atoms with Gasteiger partial charge in [0.05, 0.1) is 35.1 Å². The van der Waals surface area contributed by atoms with E-state index >= 15 is 0 Å². The quantitative estimate of drug-likeness (QED) is 0.495. The van der Waals surface area contributed by atoms with E-state index in [-0.39, 0.29) is 6.10 Å². The molecule has 0 aromatic carbocycles. The standard InChI is InChI=1S/C24H30N8O3/c1-14-19(35-16-5-4-10-24(2,11-16)22(33)34)9-8-17(28-14)20-18(32(3)31-30-20)12-25-23-27-13-26-21(29-23)15-6-7-15/h8-9,13,15-16H,4-7,10-12H2,1-3H3,(H,33,34)(H,25,26,27,29)/t16-,24-/m0/s1. The van der Waals surface area contributed by atoms with Gasteiger partial charge in [-0.2, -0.15) is 4.98 Å². The molecule has 35 heavy (non-hydrogen) atoms. The lowest BCUT2D eigenvalue weighted by Crippen LogP contribution is -2.38. The molecule has 11 nitrogen and oxygen atoms in total. The number of rotatable bonds is 8. The third-order valence-electron chi connectivity index (χ3n) is 6.91. The van der Waals surface area contributed by atoms with Crippen molar-refractivity contribution in [3.63, 3.8) is 0 Å². The first kappa shape index (κ1) is 23.1. The monoisotopic (exact) mass is 478 g/mol. The molecule has 2 fully saturated rings. The van der Waals surface area contributed by atoms with Crippen molar-refractivity contribution in [3.05, 3.63) is 35.7 Å². The van der Waals surface area contributed by atoms with Crippen LogP contribution in [0.2, 0.25) is 0 Å². The van der Waals surface area contributed by atoms with Crippen LogP contribution in [0, 0.1) is 12.3 Å². The van der Waals surface area contributed by atoms with Gasteiger partial charge in [0.2, 0.25) is 5.95 Å². The molecule has 2 N–H and O–H groups in total. The second-order valence-corrected chi connectivity index (χ2v) is 9.79. The second-order valence-electron chi connectivity index (χ2n) is 9.79. The Kier molecular flexibility index (Phi) is 6.08. The van der Waals surface area contributed by atoms with Gasteiger partial charge in [-0.3, -0.25) is 4.79 Å². The Morgan fingerprint density at radius 2 is 2.09 bits per heavy atom. The van der Waals surface area contributed by atoms with Crippen LogP contribution in [0.3, 0.4) is 0 Å². The van der Waals surface area contributed by atoms with E-state index in [1.807, 2.05) is 26.1 Å². The number of anilines is 1. The maximum absolute atomic E-state index is 11.7. The number of aliphatic carboxylic acids is 1. The Bertz CT molecular complexity index is 1240. The number of nitrogens with one attached hydrogen (secondary N) is 1. The predicted molar refractivity (Wildman–Crippen MR) is 127 cm³/mol. The van der Waals surface area contributed by atoms with E-state index < -0.39 is 11.4 Å². The molecule has 184 valence electrons. The van der Waals surface area contributed by atoms with Crippen LogP contribution in [0.25, 0.3) is 11.4 Å². The maximum atomic E-state index is 11.7. The average molecular weight is 479 g/mol. The lowest BCUT2D eigenvalue weighted by atomic mass is 9.74. The summed E-state index contributed by atoms with van der Waals surface area (Å²) in [5.41, 5.74) is 2.18. The van der Waals surface area contributed by atoms with Crippen molar-refractivity contribution < 1.29 is 14.6 Å². The van der Waals surface area contributed by atoms with Gasteiger partial charge in [-0.1, -0.05) is 5.21 Å². The highest BCUT2D eigenvalue weighted by atomic mass is 16.5. The summed E-state index contributed by atoms with van der Waals surface area (Å²) in [7, 11) is 1.84. The summed E-state index contributed by atoms with van der Waals surface area (Å²) in [5, 5.41) is 21.4. The minimum atomic E-state index is -0.763. The molecule has 2 aliphatic carbocycles. The zero-order chi connectivity index (χ0) is 24.6. The Balaban J connectivity index is 1.30. The second kappa shape index (κ2) is 9.20. The number of carbonyl (C=O) groups is 1. The van der Waals surface area contributed by atoms with Crippen molar-refractivity contribution in [1.82, 2.24) is 34.9 Å². The molecule has 0 bridgehead atoms. The van der Waals surface area contributed by atoms with Crippen LogP contribution in [-0.2, 0) is 18.4 Å². The molecule has 0 amide bonds. The van der Waals surface area contributed by atoms with E-state index in [9.17, 15) is 9.90 Å². The summed E-state index contributed by atoms with van der Waals surface area (Å²) in [4.78, 5) is 29.4. The zero-order valence-electron chi connectivity index (χ0n) is 20.2. The van der Waals surface area contributed by atoms with Crippen molar-refractivity contribution >= 4 is 11.9 Å². The van der Waals surface area contributed by atoms with Gasteiger partial charge in [0, 0.05) is 19.4 Å². The third kappa shape index (κ3) is 4.94. The fourth-order valence-electron chi connectivity index (χ4n) is 4.57. The zero-order valence-corrected chi connectivity index (χ0v) is 20.2. The first-order valence-corrected chi connectivity index (χ1v) is 12.0. The number of carboxylic acids is 1. The van der Waals surface area contributed by atoms with Crippen molar-refractivity contribution in [2.75, 3.05) is 5.32 Å². The van der Waals surface area contributed by atoms with Gasteiger partial charge in [-0.15, -0.1) is 5.10 Å². The van der Waals surface area contributed by atoms with E-state index in [1.165, 1.54) is 0 Å². The number of aryl methyl sites for hydroxylation is 2. The van der Waals surface area contributed by atoms with E-state index in [1.54, 1.807) is 17.9 Å². The van der Waals surface area contributed by atoms with Crippen LogP contribution < -0.4 is 10.1 Å². The summed E-state index contributed by atoms with van der Waals surface area (Å²) >= 11 is 0. The fourth-order valence-corrected chi connectivity index (χ4v) is 4.57. The molecule has 11 heteroatoms. The first-order valence-electron chi connectivity index (χ1n) is 12.0. The summed E-state index contributed by atoms with van der Waals surface area (Å²) in [6, 6.07) is 3.74. The number of ether oxygens (including phenoxy) is 1. The van der Waals surface area contributed by atoms with Crippen LogP contribution in [-0.4, -0.2) is 52.1 Å². The average Bonchev–Trinajstić information content (AvgIpc) is 3.62. The van der Waals surface area contributed by atoms with Crippen LogP contribution in [0.1, 0.15) is 68.6 Å². The molecule has 0 aliphatic heterocycles. The molecule has 3 aromatic heterocycles. The maximum Gasteiger partial charge on any atom is 0.309 e. The minimum absolute atomic E-state index is 0.145. The molecule has 2 atom stereocenters. The van der Waals surface area contributed by atoms with Gasteiger partial charge in [0.25, 0.3) is 0 Å². The number of hydrogen-bond acceptors (Lipinski definition) is 9. The topological polar surface area (TPSA) is 141 Å². The van der Waals surface area contributed by atoms with Crippen LogP contribution in [0.5, 0.6) is 5.75 Å². The SMILES string of the molecule is Cc1nc(-c2nnn(C)c2CNc2ncnc(C3CC3)n2)ccc1O[C@H]1CCC[C@](C)(C(=O)O)C1. The van der Waals surface area contributed by atoms with Crippen LogP contribution in [0.15, 0.2) is 18.5 Å². The highest BCUT2D eigenvalue weighted by Crippen LogP contribution is 2.39. The van der Waals surface area contributed by atoms with Crippen LogP contribution in [0.4, 0.5) is 5.95 Å². The molecule has 2 saturated carbocycles. The number of hydrogen-bond donors (Lipinski definition) is 2. The molecular weight excluding hydrogens is 448 g/mol. The van der Waals surface area contributed by atoms with Gasteiger partial charge in [-0.05, 0) is 58.1 Å². The smallest absolute Gasteiger partial charge is 0.309 e. The van der Waals surface area contributed by atoms with Crippen molar-refractivity contribution in [2.24, 2.45) is 12.5 Å². The van der Waals surface area contributed by atoms with E-state index in [0.29, 0.717) is 48.4 Å². The normalized spacial score (nSPS) is 22.1. The van der Waals surface area contributed by atoms with Crippen molar-refractivity contribution in [1.29, 1.82) is 0 Å². The number of carboxylic acid groups (broad SMARTS) is 1. The summed E-state index contributed by atoms with van der Waals surface area (Å²) < 4.78 is 7.91. The van der Waals surface area contributed by atoms with Gasteiger partial charge in [0.1, 0.15) is 23.6 Å². The Hall–Kier alpha value is -3.63. The van der Waals surface area contributed by atoms with Gasteiger partial charge in [0.15, 0.2) is 0 Å². The Morgan fingerprint density at radius 1 is 1.26 bits per heavy atom. The number of aromatic nitrogens is 7. The van der Waals surface area contributed by atoms with E-state index in [0.717, 1.165) is 42.9 Å². The van der Waals surface area contributed by atoms with Gasteiger partial charge < -0.3 is 15.2 Å². The Labute approximate surface area is 203 Å². The summed E-state index contributed by atoms with van der Waals surface area (Å²) in [5.74, 6) is 1.71. The lowest BCUT2D eigenvalue weighted by Gasteiger charge is -2.34. The molecule has 3 aromatic rings. The predicted octanol–water partition coefficient (Wildman–Crippen LogP) is 3.27. The number of pyridine rings is 1. The third-order valence-corrected chi connectivity index (χ3v) is 6.91. The highest BCUT2D eigenvalue weighted by Gasteiger charge is 2.39. The molecular formula is C24H30N8O3. The van der Waals surface area contributed by atoms with Crippen molar-refractivity contribution in [2.45, 2.75) is 70.9 Å². The molecule has 0 spiro atoms. The molecule has 2 aliphatic rings. The van der Waals surface area contributed by atoms with E-state index in [2.05, 4.69) is 30.6 Å². The first-order chi connectivity index (χ1) is 16.8. The largest absolute Gasteiger partial charge is 0.488 e. The van der Waals surface area contributed by atoms with E-state index in [4.69, 9.17) is 9.72 Å². The number of nitrogens with zero attached hydrogens (tertiary/aromatic N) is 7.